The van der Waals surface area contributed by atoms with Crippen molar-refractivity contribution in [3.05, 3.63) is 23.3 Å². The van der Waals surface area contributed by atoms with Crippen molar-refractivity contribution < 1.29 is 28.6 Å². The van der Waals surface area contributed by atoms with Gasteiger partial charge in [0.15, 0.2) is 0 Å². The molecule has 1 aromatic carbocycles. The zero-order chi connectivity index (χ0) is 27.1. The molecule has 0 bridgehead atoms. The molecule has 2 fully saturated rings. The third kappa shape index (κ3) is 6.42. The highest BCUT2D eigenvalue weighted by Crippen LogP contribution is 2.41. The minimum atomic E-state index is -0.311. The largest absolute Gasteiger partial charge is 0.497 e. The van der Waals surface area contributed by atoms with E-state index < -0.39 is 0 Å². The molecule has 3 aliphatic heterocycles. The van der Waals surface area contributed by atoms with Gasteiger partial charge in [0.1, 0.15) is 23.2 Å². The van der Waals surface area contributed by atoms with Crippen LogP contribution in [-0.2, 0) is 9.53 Å². The summed E-state index contributed by atoms with van der Waals surface area (Å²) in [6.07, 6.45) is 9.95. The van der Waals surface area contributed by atoms with Crippen LogP contribution in [-0.4, -0.2) is 85.6 Å². The molecular formula is C29H43N3O6. The lowest BCUT2D eigenvalue weighted by atomic mass is 9.98. The van der Waals surface area contributed by atoms with Crippen LogP contribution < -0.4 is 9.47 Å². The Morgan fingerprint density at radius 3 is 2.32 bits per heavy atom. The molecule has 0 saturated carbocycles. The van der Waals surface area contributed by atoms with Crippen LogP contribution in [0.4, 0.5) is 4.79 Å². The van der Waals surface area contributed by atoms with E-state index in [0.717, 1.165) is 57.3 Å². The number of hydrogen-bond donors (Lipinski definition) is 0. The second kappa shape index (κ2) is 13.3. The molecule has 0 N–H and O–H groups in total. The lowest BCUT2D eigenvalue weighted by Gasteiger charge is -2.42. The second-order valence-electron chi connectivity index (χ2n) is 10.5. The van der Waals surface area contributed by atoms with Gasteiger partial charge in [-0.3, -0.25) is 9.69 Å². The van der Waals surface area contributed by atoms with E-state index in [2.05, 4.69) is 4.90 Å². The molecule has 0 radical (unpaired) electrons. The number of rotatable bonds is 13. The first-order valence-corrected chi connectivity index (χ1v) is 14.3. The summed E-state index contributed by atoms with van der Waals surface area (Å²) in [6.45, 7) is 6.04. The summed E-state index contributed by atoms with van der Waals surface area (Å²) >= 11 is 0. The number of benzene rings is 1. The minimum Gasteiger partial charge on any atom is -0.497 e. The van der Waals surface area contributed by atoms with Crippen LogP contribution >= 0.6 is 0 Å². The van der Waals surface area contributed by atoms with E-state index in [9.17, 15) is 14.4 Å². The monoisotopic (exact) mass is 529 g/mol. The smallest absolute Gasteiger partial charge is 0.342 e. The maximum Gasteiger partial charge on any atom is 0.342 e. The van der Waals surface area contributed by atoms with Crippen LogP contribution in [0.2, 0.25) is 0 Å². The van der Waals surface area contributed by atoms with Gasteiger partial charge in [-0.25, -0.2) is 9.59 Å². The lowest BCUT2D eigenvalue weighted by Crippen LogP contribution is -2.57. The van der Waals surface area contributed by atoms with Gasteiger partial charge >= 0.3 is 12.0 Å². The van der Waals surface area contributed by atoms with Gasteiger partial charge in [0, 0.05) is 50.3 Å². The number of methoxy groups -OCH3 is 2. The highest BCUT2D eigenvalue weighted by Gasteiger charge is 2.36. The number of ether oxygens (including phenoxy) is 3. The number of carbonyl (C=O) groups excluding carboxylic acids is 3. The van der Waals surface area contributed by atoms with Crippen molar-refractivity contribution in [3.63, 3.8) is 0 Å². The molecule has 0 unspecified atom stereocenters. The number of urea groups is 1. The SMILES string of the molecule is CCN1C(=O)CCN(C2CCN(CCCCCCCC[C@H]3OC(=O)c4c(OC)cc(OC)cc43)CC2)C1=O. The molecule has 0 aliphatic carbocycles. The number of amides is 3. The summed E-state index contributed by atoms with van der Waals surface area (Å²) in [5, 5.41) is 0. The number of likely N-dealkylation sites (tertiary alicyclic amines) is 1. The fourth-order valence-electron chi connectivity index (χ4n) is 6.01. The number of esters is 1. The Labute approximate surface area is 226 Å². The third-order valence-electron chi connectivity index (χ3n) is 8.21. The van der Waals surface area contributed by atoms with Gasteiger partial charge in [-0.15, -0.1) is 0 Å². The van der Waals surface area contributed by atoms with Gasteiger partial charge < -0.3 is 24.0 Å². The average Bonchev–Trinajstić information content (AvgIpc) is 3.25. The Morgan fingerprint density at radius 1 is 0.921 bits per heavy atom. The van der Waals surface area contributed by atoms with E-state index in [4.69, 9.17) is 14.2 Å². The second-order valence-corrected chi connectivity index (χ2v) is 10.5. The van der Waals surface area contributed by atoms with E-state index in [1.54, 1.807) is 20.3 Å². The van der Waals surface area contributed by atoms with Crippen molar-refractivity contribution in [2.75, 3.05) is 46.9 Å². The molecule has 9 heteroatoms. The molecule has 1 atom stereocenters. The summed E-state index contributed by atoms with van der Waals surface area (Å²) in [4.78, 5) is 42.8. The van der Waals surface area contributed by atoms with Crippen molar-refractivity contribution in [2.24, 2.45) is 0 Å². The van der Waals surface area contributed by atoms with E-state index in [-0.39, 0.29) is 30.1 Å². The van der Waals surface area contributed by atoms with Gasteiger partial charge in [-0.05, 0) is 51.6 Å². The first kappa shape index (κ1) is 28.2. The summed E-state index contributed by atoms with van der Waals surface area (Å²) < 4.78 is 16.4. The number of hydrogen-bond acceptors (Lipinski definition) is 7. The summed E-state index contributed by atoms with van der Waals surface area (Å²) in [6, 6.07) is 3.77. The first-order chi connectivity index (χ1) is 18.5. The fourth-order valence-corrected chi connectivity index (χ4v) is 6.01. The number of unbranched alkanes of at least 4 members (excludes halogenated alkanes) is 5. The molecule has 4 rings (SSSR count). The number of piperidine rings is 1. The maximum atomic E-state index is 12.6. The highest BCUT2D eigenvalue weighted by molar-refractivity contribution is 5.97. The lowest BCUT2D eigenvalue weighted by molar-refractivity contribution is -0.131. The quantitative estimate of drug-likeness (QED) is 0.268. The van der Waals surface area contributed by atoms with E-state index in [1.165, 1.54) is 30.6 Å². The van der Waals surface area contributed by atoms with Gasteiger partial charge in [0.2, 0.25) is 5.91 Å². The Kier molecular flexibility index (Phi) is 9.88. The number of nitrogens with zero attached hydrogens (tertiary/aromatic N) is 3. The molecule has 0 aromatic heterocycles. The zero-order valence-corrected chi connectivity index (χ0v) is 23.2. The average molecular weight is 530 g/mol. The van der Waals surface area contributed by atoms with Gasteiger partial charge in [0.25, 0.3) is 0 Å². The topological polar surface area (TPSA) is 88.6 Å². The van der Waals surface area contributed by atoms with Crippen molar-refractivity contribution in [3.8, 4) is 11.5 Å². The Hall–Kier alpha value is -2.81. The van der Waals surface area contributed by atoms with Crippen molar-refractivity contribution in [2.45, 2.75) is 83.3 Å². The number of imide groups is 1. The van der Waals surface area contributed by atoms with Gasteiger partial charge in [-0.1, -0.05) is 25.7 Å². The van der Waals surface area contributed by atoms with Crippen LogP contribution in [0.25, 0.3) is 0 Å². The molecule has 0 spiro atoms. The molecule has 38 heavy (non-hydrogen) atoms. The molecule has 210 valence electrons. The Balaban J connectivity index is 1.08. The standard InChI is InChI=1S/C29H43N3O6/c1-4-31-26(33)14-18-32(29(31)35)21-12-16-30(17-13-21)15-10-8-6-5-7-9-11-24-23-19-22(36-2)20-25(37-3)27(23)28(34)38-24/h19-21,24H,4-18H2,1-3H3/t24-/m1/s1. The number of carbonyl (C=O) groups is 3. The summed E-state index contributed by atoms with van der Waals surface area (Å²) in [7, 11) is 3.16. The van der Waals surface area contributed by atoms with Crippen molar-refractivity contribution >= 4 is 17.9 Å². The van der Waals surface area contributed by atoms with Crippen LogP contribution in [0.5, 0.6) is 11.5 Å². The van der Waals surface area contributed by atoms with Crippen molar-refractivity contribution in [1.82, 2.24) is 14.7 Å². The number of cyclic esters (lactones) is 1. The zero-order valence-electron chi connectivity index (χ0n) is 23.2. The third-order valence-corrected chi connectivity index (χ3v) is 8.21. The molecule has 3 heterocycles. The van der Waals surface area contributed by atoms with Crippen LogP contribution in [0, 0.1) is 0 Å². The van der Waals surface area contributed by atoms with E-state index >= 15 is 0 Å². The van der Waals surface area contributed by atoms with Gasteiger partial charge in [0.05, 0.1) is 14.2 Å². The highest BCUT2D eigenvalue weighted by atomic mass is 16.6. The maximum absolute atomic E-state index is 12.6. The molecule has 2 saturated heterocycles. The summed E-state index contributed by atoms with van der Waals surface area (Å²) in [5.41, 5.74) is 1.40. The van der Waals surface area contributed by atoms with E-state index in [1.807, 2.05) is 17.9 Å². The molecule has 3 amide bonds. The molecular weight excluding hydrogens is 486 g/mol. The molecule has 1 aromatic rings. The Morgan fingerprint density at radius 2 is 1.63 bits per heavy atom. The normalized spacial score (nSPS) is 20.6. The minimum absolute atomic E-state index is 0.0418. The van der Waals surface area contributed by atoms with Crippen molar-refractivity contribution in [1.29, 1.82) is 0 Å². The fraction of sp³-hybridized carbons (Fsp3) is 0.690. The molecule has 9 nitrogen and oxygen atoms in total. The predicted octanol–water partition coefficient (Wildman–Crippen LogP) is 4.78. The predicted molar refractivity (Wildman–Crippen MR) is 144 cm³/mol. The Bertz CT molecular complexity index is 991. The van der Waals surface area contributed by atoms with Gasteiger partial charge in [-0.2, -0.15) is 0 Å². The van der Waals surface area contributed by atoms with E-state index in [0.29, 0.717) is 36.6 Å². The van der Waals surface area contributed by atoms with Crippen LogP contribution in [0.3, 0.4) is 0 Å². The summed E-state index contributed by atoms with van der Waals surface area (Å²) in [5.74, 6) is 0.831. The van der Waals surface area contributed by atoms with Crippen LogP contribution in [0.15, 0.2) is 12.1 Å². The molecule has 3 aliphatic rings. The van der Waals surface area contributed by atoms with Crippen LogP contribution in [0.1, 0.15) is 93.2 Å². The number of fused-ring (bicyclic) bond motifs is 1. The first-order valence-electron chi connectivity index (χ1n) is 14.3.